The van der Waals surface area contributed by atoms with E-state index in [9.17, 15) is 4.79 Å². The lowest BCUT2D eigenvalue weighted by molar-refractivity contribution is -0.157. The Bertz CT molecular complexity index is 676. The number of hydrogen-bond acceptors (Lipinski definition) is 2. The smallest absolute Gasteiger partial charge is 0.155 e. The first-order valence-corrected chi connectivity index (χ1v) is 11.0. The van der Waals surface area contributed by atoms with Crippen LogP contribution in [0.25, 0.3) is 0 Å². The molecule has 0 radical (unpaired) electrons. The molecule has 5 aliphatic rings. The number of hydrogen-bond donors (Lipinski definition) is 0. The van der Waals surface area contributed by atoms with Crippen LogP contribution in [0.3, 0.4) is 0 Å². The molecule has 1 spiro atoms. The van der Waals surface area contributed by atoms with Crippen LogP contribution in [-0.2, 0) is 9.53 Å². The second-order valence-electron chi connectivity index (χ2n) is 10.2. The molecule has 0 N–H and O–H groups in total. The van der Waals surface area contributed by atoms with Gasteiger partial charge in [-0.25, -0.2) is 0 Å². The summed E-state index contributed by atoms with van der Waals surface area (Å²) in [4.78, 5) is 11.9. The van der Waals surface area contributed by atoms with Crippen molar-refractivity contribution >= 4 is 5.78 Å². The maximum Gasteiger partial charge on any atom is 0.155 e. The number of rotatable bonds is 0. The van der Waals surface area contributed by atoms with E-state index in [1.54, 1.807) is 0 Å². The van der Waals surface area contributed by atoms with Crippen LogP contribution in [0.5, 0.6) is 0 Å². The molecule has 26 heavy (non-hydrogen) atoms. The maximum absolute atomic E-state index is 11.9. The molecule has 5 rings (SSSR count). The summed E-state index contributed by atoms with van der Waals surface area (Å²) in [5.41, 5.74) is 3.09. The zero-order chi connectivity index (χ0) is 18.1. The molecule has 0 bridgehead atoms. The summed E-state index contributed by atoms with van der Waals surface area (Å²) in [5.74, 6) is 4.15. The number of ether oxygens (including phenoxy) is 1. The SMILES string of the molecule is C=C1CCCOC12CC[C@H]1[C@@H]3CCC4=CC(=O)CC[C@@H]4[C@H]3[C@@H](C)C[C@@]12C. The lowest BCUT2D eigenvalue weighted by Gasteiger charge is -2.60. The van der Waals surface area contributed by atoms with Gasteiger partial charge in [-0.3, -0.25) is 4.79 Å². The van der Waals surface area contributed by atoms with Crippen molar-refractivity contribution in [3.63, 3.8) is 0 Å². The van der Waals surface area contributed by atoms with Crippen LogP contribution in [0.15, 0.2) is 23.8 Å². The highest BCUT2D eigenvalue weighted by atomic mass is 16.5. The summed E-state index contributed by atoms with van der Waals surface area (Å²) in [6, 6.07) is 0. The van der Waals surface area contributed by atoms with Gasteiger partial charge in [0.2, 0.25) is 0 Å². The number of allylic oxidation sites excluding steroid dienone is 1. The molecule has 1 heterocycles. The number of fused-ring (bicyclic) bond motifs is 6. The standard InChI is InChI=1S/C24H34O2/c1-15-14-23(3)21(10-11-24(23)16(2)5-4-12-26-24)20-8-6-17-13-18(25)7-9-19(17)22(15)20/h13,15,19-22H,2,4-12,14H2,1,3H3/t15-,19-,20-,21-,22+,23-,24?/m0/s1. The third-order valence-corrected chi connectivity index (χ3v) is 9.26. The fourth-order valence-electron chi connectivity index (χ4n) is 8.40. The molecule has 4 fully saturated rings. The van der Waals surface area contributed by atoms with E-state index in [2.05, 4.69) is 20.4 Å². The molecule has 142 valence electrons. The molecule has 4 aliphatic carbocycles. The summed E-state index contributed by atoms with van der Waals surface area (Å²) < 4.78 is 6.60. The molecule has 0 aromatic heterocycles. The molecule has 1 unspecified atom stereocenters. The second kappa shape index (κ2) is 5.80. The van der Waals surface area contributed by atoms with E-state index in [-0.39, 0.29) is 11.0 Å². The normalized spacial score (nSPS) is 50.8. The zero-order valence-electron chi connectivity index (χ0n) is 16.6. The molecule has 2 nitrogen and oxygen atoms in total. The number of carbonyl (C=O) groups excluding carboxylic acids is 1. The van der Waals surface area contributed by atoms with Crippen LogP contribution in [0.1, 0.15) is 71.6 Å². The Labute approximate surface area is 158 Å². The van der Waals surface area contributed by atoms with Crippen molar-refractivity contribution in [2.45, 2.75) is 77.2 Å². The monoisotopic (exact) mass is 354 g/mol. The van der Waals surface area contributed by atoms with Gasteiger partial charge in [-0.1, -0.05) is 26.0 Å². The van der Waals surface area contributed by atoms with Crippen molar-refractivity contribution in [1.29, 1.82) is 0 Å². The maximum atomic E-state index is 11.9. The highest BCUT2D eigenvalue weighted by Gasteiger charge is 2.66. The van der Waals surface area contributed by atoms with Crippen LogP contribution < -0.4 is 0 Å². The Morgan fingerprint density at radius 3 is 2.85 bits per heavy atom. The van der Waals surface area contributed by atoms with Gasteiger partial charge in [0.15, 0.2) is 5.78 Å². The summed E-state index contributed by atoms with van der Waals surface area (Å²) in [6.07, 6.45) is 12.4. The molecular formula is C24H34O2. The van der Waals surface area contributed by atoms with Crippen molar-refractivity contribution in [3.8, 4) is 0 Å². The van der Waals surface area contributed by atoms with E-state index in [4.69, 9.17) is 4.74 Å². The third-order valence-electron chi connectivity index (χ3n) is 9.26. The molecule has 0 aromatic carbocycles. The number of ketones is 1. The summed E-state index contributed by atoms with van der Waals surface area (Å²) >= 11 is 0. The van der Waals surface area contributed by atoms with E-state index >= 15 is 0 Å². The van der Waals surface area contributed by atoms with Gasteiger partial charge >= 0.3 is 0 Å². The Morgan fingerprint density at radius 1 is 1.19 bits per heavy atom. The largest absolute Gasteiger partial charge is 0.370 e. The quantitative estimate of drug-likeness (QED) is 0.538. The zero-order valence-corrected chi connectivity index (χ0v) is 16.6. The Hall–Kier alpha value is -0.890. The van der Waals surface area contributed by atoms with Crippen molar-refractivity contribution in [1.82, 2.24) is 0 Å². The lowest BCUT2D eigenvalue weighted by atomic mass is 9.47. The second-order valence-corrected chi connectivity index (χ2v) is 10.2. The van der Waals surface area contributed by atoms with Crippen LogP contribution in [-0.4, -0.2) is 18.0 Å². The van der Waals surface area contributed by atoms with E-state index in [0.29, 0.717) is 11.7 Å². The van der Waals surface area contributed by atoms with Crippen LogP contribution in [0.2, 0.25) is 0 Å². The van der Waals surface area contributed by atoms with Gasteiger partial charge in [0.05, 0.1) is 5.60 Å². The summed E-state index contributed by atoms with van der Waals surface area (Å²) in [7, 11) is 0. The van der Waals surface area contributed by atoms with E-state index in [0.717, 1.165) is 62.4 Å². The van der Waals surface area contributed by atoms with Gasteiger partial charge in [0.1, 0.15) is 0 Å². The topological polar surface area (TPSA) is 26.3 Å². The van der Waals surface area contributed by atoms with Gasteiger partial charge in [-0.2, -0.15) is 0 Å². The van der Waals surface area contributed by atoms with E-state index < -0.39 is 0 Å². The minimum atomic E-state index is -0.0478. The minimum absolute atomic E-state index is 0.0478. The molecule has 0 amide bonds. The predicted octanol–water partition coefficient (Wildman–Crippen LogP) is 5.48. The average Bonchev–Trinajstić information content (AvgIpc) is 2.90. The van der Waals surface area contributed by atoms with Gasteiger partial charge < -0.3 is 4.74 Å². The summed E-state index contributed by atoms with van der Waals surface area (Å²) in [6.45, 7) is 10.5. The van der Waals surface area contributed by atoms with Crippen LogP contribution >= 0.6 is 0 Å². The molecule has 0 aromatic rings. The number of carbonyl (C=O) groups is 1. The Kier molecular flexibility index (Phi) is 3.84. The lowest BCUT2D eigenvalue weighted by Crippen LogP contribution is -2.57. The van der Waals surface area contributed by atoms with Crippen molar-refractivity contribution in [2.24, 2.45) is 35.0 Å². The molecule has 2 heteroatoms. The van der Waals surface area contributed by atoms with Crippen LogP contribution in [0, 0.1) is 35.0 Å². The first-order chi connectivity index (χ1) is 12.5. The third kappa shape index (κ3) is 2.11. The molecule has 1 saturated heterocycles. The van der Waals surface area contributed by atoms with Crippen molar-refractivity contribution < 1.29 is 9.53 Å². The van der Waals surface area contributed by atoms with E-state index in [1.807, 2.05) is 6.08 Å². The van der Waals surface area contributed by atoms with E-state index in [1.165, 1.54) is 36.8 Å². The van der Waals surface area contributed by atoms with Gasteiger partial charge in [-0.15, -0.1) is 0 Å². The average molecular weight is 355 g/mol. The highest BCUT2D eigenvalue weighted by molar-refractivity contribution is 5.91. The van der Waals surface area contributed by atoms with Gasteiger partial charge in [0, 0.05) is 18.4 Å². The van der Waals surface area contributed by atoms with Crippen molar-refractivity contribution in [2.75, 3.05) is 6.61 Å². The molecule has 1 aliphatic heterocycles. The first kappa shape index (κ1) is 17.2. The predicted molar refractivity (Wildman–Crippen MR) is 104 cm³/mol. The summed E-state index contributed by atoms with van der Waals surface area (Å²) in [5, 5.41) is 0. The van der Waals surface area contributed by atoms with Crippen LogP contribution in [0.4, 0.5) is 0 Å². The van der Waals surface area contributed by atoms with Gasteiger partial charge in [-0.05, 0) is 92.6 Å². The van der Waals surface area contributed by atoms with Crippen molar-refractivity contribution in [3.05, 3.63) is 23.8 Å². The molecule has 3 saturated carbocycles. The fourth-order valence-corrected chi connectivity index (χ4v) is 8.40. The fraction of sp³-hybridized carbons (Fsp3) is 0.792. The molecular weight excluding hydrogens is 320 g/mol. The first-order valence-electron chi connectivity index (χ1n) is 11.0. The molecule has 7 atom stereocenters. The van der Waals surface area contributed by atoms with Gasteiger partial charge in [0.25, 0.3) is 0 Å². The minimum Gasteiger partial charge on any atom is -0.370 e. The Balaban J connectivity index is 1.51. The highest BCUT2D eigenvalue weighted by Crippen LogP contribution is 2.69. The Morgan fingerprint density at radius 2 is 2.04 bits per heavy atom.